The highest BCUT2D eigenvalue weighted by Crippen LogP contribution is 2.38. The van der Waals surface area contributed by atoms with E-state index in [2.05, 4.69) is 9.88 Å². The van der Waals surface area contributed by atoms with Crippen LogP contribution in [0.25, 0.3) is 10.9 Å². The molecule has 3 aromatic rings. The van der Waals surface area contributed by atoms with Crippen molar-refractivity contribution in [2.75, 3.05) is 18.2 Å². The van der Waals surface area contributed by atoms with Crippen LogP contribution in [0.2, 0.25) is 0 Å². The molecule has 1 aliphatic rings. The third-order valence-corrected chi connectivity index (χ3v) is 6.69. The van der Waals surface area contributed by atoms with Crippen molar-refractivity contribution >= 4 is 32.4 Å². The van der Waals surface area contributed by atoms with Gasteiger partial charge in [-0.15, -0.1) is 0 Å². The first-order chi connectivity index (χ1) is 14.1. The van der Waals surface area contributed by atoms with E-state index in [9.17, 15) is 18.0 Å². The van der Waals surface area contributed by atoms with Gasteiger partial charge in [0.2, 0.25) is 15.0 Å². The first-order valence-corrected chi connectivity index (χ1v) is 11.3. The molecule has 1 heterocycles. The van der Waals surface area contributed by atoms with Gasteiger partial charge in [-0.05, 0) is 60.4 Å². The average molecular weight is 427 g/mol. The van der Waals surface area contributed by atoms with Crippen LogP contribution in [0, 0.1) is 0 Å². The molecule has 0 radical (unpaired) electrons. The second-order valence-electron chi connectivity index (χ2n) is 7.62. The predicted molar refractivity (Wildman–Crippen MR) is 113 cm³/mol. The van der Waals surface area contributed by atoms with E-state index in [1.54, 1.807) is 24.3 Å². The van der Waals surface area contributed by atoms with E-state index < -0.39 is 21.4 Å². The van der Waals surface area contributed by atoms with Crippen LogP contribution in [0.4, 0.5) is 5.69 Å². The topological polar surface area (TPSA) is 110 Å². The van der Waals surface area contributed by atoms with E-state index >= 15 is 0 Å². The number of carbonyl (C=O) groups is 1. The quantitative estimate of drug-likeness (QED) is 0.636. The first kappa shape index (κ1) is 20.1. The molecular weight excluding hydrogens is 406 g/mol. The Balaban J connectivity index is 1.79. The number of aryl methyl sites for hydroxylation is 1. The molecule has 0 amide bonds. The third kappa shape index (κ3) is 3.24. The summed E-state index contributed by atoms with van der Waals surface area (Å²) >= 11 is 0. The zero-order valence-electron chi connectivity index (χ0n) is 16.8. The van der Waals surface area contributed by atoms with Crippen molar-refractivity contribution in [3.8, 4) is 0 Å². The number of hydrogen-bond donors (Lipinski definition) is 1. The van der Waals surface area contributed by atoms with Gasteiger partial charge in [0.25, 0.3) is 5.56 Å². The van der Waals surface area contributed by atoms with E-state index in [0.717, 1.165) is 40.5 Å². The summed E-state index contributed by atoms with van der Waals surface area (Å²) < 4.78 is 25.0. The first-order valence-electron chi connectivity index (χ1n) is 9.37. The number of fused-ring (bicyclic) bond motifs is 2. The summed E-state index contributed by atoms with van der Waals surface area (Å²) in [6.07, 6.45) is 2.63. The molecule has 0 saturated heterocycles. The molecule has 0 aliphatic heterocycles. The van der Waals surface area contributed by atoms with E-state index in [1.165, 1.54) is 7.05 Å². The normalized spacial score (nSPS) is 15.9. The molecule has 0 fully saturated rings. The maximum Gasteiger partial charge on any atom is 0.335 e. The summed E-state index contributed by atoms with van der Waals surface area (Å²) in [5.74, 6) is -0.973. The van der Waals surface area contributed by atoms with Gasteiger partial charge in [-0.3, -0.25) is 9.36 Å². The summed E-state index contributed by atoms with van der Waals surface area (Å²) in [6, 6.07) is 10.3. The average Bonchev–Trinajstić information content (AvgIpc) is 3.11. The lowest BCUT2D eigenvalue weighted by Gasteiger charge is -2.28. The Hall–Kier alpha value is -3.20. The molecule has 1 unspecified atom stereocenters. The number of benzene rings is 2. The van der Waals surface area contributed by atoms with Crippen LogP contribution >= 0.6 is 0 Å². The largest absolute Gasteiger partial charge is 0.478 e. The predicted octanol–water partition coefficient (Wildman–Crippen LogP) is 2.16. The Morgan fingerprint density at radius 1 is 1.23 bits per heavy atom. The molecule has 2 aromatic carbocycles. The van der Waals surface area contributed by atoms with Gasteiger partial charge in [0, 0.05) is 26.0 Å². The zero-order chi connectivity index (χ0) is 21.8. The van der Waals surface area contributed by atoms with Gasteiger partial charge in [-0.25, -0.2) is 18.2 Å². The molecule has 1 aliphatic carbocycles. The fraction of sp³-hybridized carbons (Fsp3) is 0.286. The van der Waals surface area contributed by atoms with Crippen LogP contribution in [0.1, 0.15) is 33.9 Å². The Labute approximate surface area is 173 Å². The van der Waals surface area contributed by atoms with Crippen LogP contribution in [-0.4, -0.2) is 42.3 Å². The number of carboxylic acid groups (broad SMARTS) is 1. The lowest BCUT2D eigenvalue weighted by Crippen LogP contribution is -2.25. The summed E-state index contributed by atoms with van der Waals surface area (Å²) in [4.78, 5) is 30.2. The molecule has 156 valence electrons. The molecule has 9 heteroatoms. The molecular formula is C21H21N3O5S. The second kappa shape index (κ2) is 6.94. The van der Waals surface area contributed by atoms with Gasteiger partial charge in [0.05, 0.1) is 22.5 Å². The van der Waals surface area contributed by atoms with E-state index in [-0.39, 0.29) is 16.8 Å². The van der Waals surface area contributed by atoms with Crippen molar-refractivity contribution in [2.24, 2.45) is 7.05 Å². The van der Waals surface area contributed by atoms with Gasteiger partial charge in [-0.1, -0.05) is 0 Å². The second-order valence-corrected chi connectivity index (χ2v) is 9.53. The molecule has 0 spiro atoms. The van der Waals surface area contributed by atoms with Crippen LogP contribution in [0.15, 0.2) is 46.3 Å². The van der Waals surface area contributed by atoms with Gasteiger partial charge < -0.3 is 10.0 Å². The number of sulfone groups is 1. The van der Waals surface area contributed by atoms with Gasteiger partial charge in [0.1, 0.15) is 0 Å². The van der Waals surface area contributed by atoms with Crippen molar-refractivity contribution in [2.45, 2.75) is 24.0 Å². The standard InChI is InChI=1S/C21H21N3O5S/c1-23(14-7-4-12(5-8-14)20(26)27)18-9-6-13-10-17-16(11-15(13)18)19(25)24(2)21(22-17)30(3,28)29/h4-5,7-8,10-11,18H,6,9H2,1-3H3,(H,26,27). The van der Waals surface area contributed by atoms with Crippen LogP contribution < -0.4 is 10.5 Å². The summed E-state index contributed by atoms with van der Waals surface area (Å²) in [7, 11) is -0.288. The molecule has 0 bridgehead atoms. The molecule has 0 saturated carbocycles. The lowest BCUT2D eigenvalue weighted by atomic mass is 10.0. The van der Waals surface area contributed by atoms with Crippen molar-refractivity contribution in [1.82, 2.24) is 9.55 Å². The highest BCUT2D eigenvalue weighted by molar-refractivity contribution is 7.90. The number of hydrogen-bond acceptors (Lipinski definition) is 6. The number of carboxylic acids is 1. The zero-order valence-corrected chi connectivity index (χ0v) is 17.6. The number of aromatic nitrogens is 2. The number of aromatic carboxylic acids is 1. The third-order valence-electron chi connectivity index (χ3n) is 5.66. The summed E-state index contributed by atoms with van der Waals surface area (Å²) in [6.45, 7) is 0. The van der Waals surface area contributed by atoms with Crippen LogP contribution in [0.3, 0.4) is 0 Å². The van der Waals surface area contributed by atoms with Crippen molar-refractivity contribution in [3.05, 3.63) is 63.4 Å². The van der Waals surface area contributed by atoms with Crippen LogP contribution in [0.5, 0.6) is 0 Å². The summed E-state index contributed by atoms with van der Waals surface area (Å²) in [5.41, 5.74) is 3.10. The number of rotatable bonds is 4. The molecule has 1 aromatic heterocycles. The molecule has 1 atom stereocenters. The fourth-order valence-corrected chi connectivity index (χ4v) is 4.93. The highest BCUT2D eigenvalue weighted by Gasteiger charge is 2.28. The minimum atomic E-state index is -3.63. The van der Waals surface area contributed by atoms with E-state index in [0.29, 0.717) is 10.9 Å². The van der Waals surface area contributed by atoms with Crippen molar-refractivity contribution in [1.29, 1.82) is 0 Å². The minimum absolute atomic E-state index is 0.0133. The van der Waals surface area contributed by atoms with Gasteiger partial charge in [0.15, 0.2) is 0 Å². The maximum atomic E-state index is 12.8. The smallest absolute Gasteiger partial charge is 0.335 e. The maximum absolute atomic E-state index is 12.8. The van der Waals surface area contributed by atoms with E-state index in [1.807, 2.05) is 19.2 Å². The highest BCUT2D eigenvalue weighted by atomic mass is 32.2. The van der Waals surface area contributed by atoms with Gasteiger partial charge >= 0.3 is 5.97 Å². The molecule has 1 N–H and O–H groups in total. The summed E-state index contributed by atoms with van der Waals surface area (Å²) in [5, 5.41) is 9.22. The minimum Gasteiger partial charge on any atom is -0.478 e. The monoisotopic (exact) mass is 427 g/mol. The number of anilines is 1. The molecule has 4 rings (SSSR count). The van der Waals surface area contributed by atoms with Crippen LogP contribution in [-0.2, 0) is 23.3 Å². The Bertz CT molecular complexity index is 1340. The van der Waals surface area contributed by atoms with Gasteiger partial charge in [-0.2, -0.15) is 0 Å². The van der Waals surface area contributed by atoms with E-state index in [4.69, 9.17) is 5.11 Å². The SMILES string of the molecule is CN(c1ccc(C(=O)O)cc1)C1CCc2cc3nc(S(C)(=O)=O)n(C)c(=O)c3cc21. The molecule has 30 heavy (non-hydrogen) atoms. The Morgan fingerprint density at radius 2 is 1.90 bits per heavy atom. The van der Waals surface area contributed by atoms with Crippen molar-refractivity contribution in [3.63, 3.8) is 0 Å². The Kier molecular flexibility index (Phi) is 4.65. The Morgan fingerprint density at radius 3 is 2.50 bits per heavy atom. The lowest BCUT2D eigenvalue weighted by molar-refractivity contribution is 0.0697. The van der Waals surface area contributed by atoms with Crippen molar-refractivity contribution < 1.29 is 18.3 Å². The molecule has 8 nitrogen and oxygen atoms in total. The number of nitrogens with zero attached hydrogens (tertiary/aromatic N) is 3. The fourth-order valence-electron chi connectivity index (χ4n) is 4.09.